The average Bonchev–Trinajstić information content (AvgIpc) is 2.09. The van der Waals surface area contributed by atoms with Crippen LogP contribution >= 0.6 is 0 Å². The summed E-state index contributed by atoms with van der Waals surface area (Å²) < 4.78 is 4.99. The van der Waals surface area contributed by atoms with E-state index in [9.17, 15) is 9.90 Å². The van der Waals surface area contributed by atoms with Gasteiger partial charge in [0.25, 0.3) is 0 Å². The Morgan fingerprint density at radius 1 is 1.50 bits per heavy atom. The van der Waals surface area contributed by atoms with E-state index >= 15 is 0 Å². The lowest BCUT2D eigenvalue weighted by Crippen LogP contribution is -1.98. The van der Waals surface area contributed by atoms with Gasteiger partial charge < -0.3 is 9.84 Å². The van der Waals surface area contributed by atoms with Crippen molar-refractivity contribution in [3.8, 4) is 11.5 Å². The minimum absolute atomic E-state index is 0.0213. The van der Waals surface area contributed by atoms with Gasteiger partial charge in [0, 0.05) is 12.0 Å². The fraction of sp³-hybridized carbons (Fsp3) is 0.364. The maximum Gasteiger partial charge on any atom is 0.161 e. The van der Waals surface area contributed by atoms with Crippen molar-refractivity contribution < 1.29 is 14.6 Å². The molecule has 3 heteroatoms. The molecule has 0 aliphatic rings. The Morgan fingerprint density at radius 3 is 2.64 bits per heavy atom. The van der Waals surface area contributed by atoms with Gasteiger partial charge in [-0.2, -0.15) is 0 Å². The summed E-state index contributed by atoms with van der Waals surface area (Å²) in [4.78, 5) is 10.9. The van der Waals surface area contributed by atoms with Gasteiger partial charge >= 0.3 is 0 Å². The molecule has 1 aromatic rings. The Kier molecular flexibility index (Phi) is 3.12. The molecule has 0 heterocycles. The Labute approximate surface area is 83.3 Å². The molecule has 0 radical (unpaired) electrons. The summed E-state index contributed by atoms with van der Waals surface area (Å²) in [7, 11) is 1.49. The number of phenols is 1. The number of hydrogen-bond donors (Lipinski definition) is 1. The highest BCUT2D eigenvalue weighted by atomic mass is 16.5. The Morgan fingerprint density at radius 2 is 2.14 bits per heavy atom. The zero-order chi connectivity index (χ0) is 10.7. The van der Waals surface area contributed by atoms with Gasteiger partial charge in [-0.3, -0.25) is 4.79 Å². The van der Waals surface area contributed by atoms with E-state index in [1.165, 1.54) is 14.0 Å². The molecule has 0 bridgehead atoms. The maximum atomic E-state index is 10.9. The molecular weight excluding hydrogens is 180 g/mol. The standard InChI is InChI=1S/C11H14O3/c1-7-4-9(6-8(2)12)11(13)10(5-7)14-3/h4-5,13H,6H2,1-3H3. The first kappa shape index (κ1) is 10.6. The second kappa shape index (κ2) is 4.13. The van der Waals surface area contributed by atoms with Gasteiger partial charge in [0.05, 0.1) is 7.11 Å². The van der Waals surface area contributed by atoms with Crippen LogP contribution < -0.4 is 4.74 Å². The Balaban J connectivity index is 3.15. The lowest BCUT2D eigenvalue weighted by molar-refractivity contribution is -0.116. The lowest BCUT2D eigenvalue weighted by atomic mass is 10.0. The fourth-order valence-electron chi connectivity index (χ4n) is 1.38. The predicted molar refractivity (Wildman–Crippen MR) is 53.8 cm³/mol. The molecule has 76 valence electrons. The van der Waals surface area contributed by atoms with Crippen LogP contribution in [0.25, 0.3) is 0 Å². The molecule has 0 saturated carbocycles. The van der Waals surface area contributed by atoms with Crippen molar-refractivity contribution in [2.24, 2.45) is 0 Å². The molecular formula is C11H14O3. The third kappa shape index (κ3) is 2.25. The van der Waals surface area contributed by atoms with Gasteiger partial charge in [-0.15, -0.1) is 0 Å². The van der Waals surface area contributed by atoms with E-state index in [2.05, 4.69) is 0 Å². The summed E-state index contributed by atoms with van der Waals surface area (Å²) in [5.41, 5.74) is 1.59. The molecule has 0 fully saturated rings. The van der Waals surface area contributed by atoms with Crippen LogP contribution in [-0.4, -0.2) is 18.0 Å². The highest BCUT2D eigenvalue weighted by Crippen LogP contribution is 2.31. The number of carbonyl (C=O) groups excluding carboxylic acids is 1. The number of carbonyl (C=O) groups is 1. The van der Waals surface area contributed by atoms with Crippen LogP contribution in [0.3, 0.4) is 0 Å². The number of ketones is 1. The van der Waals surface area contributed by atoms with E-state index in [-0.39, 0.29) is 18.0 Å². The summed E-state index contributed by atoms with van der Waals surface area (Å²) in [5, 5.41) is 9.68. The van der Waals surface area contributed by atoms with Crippen molar-refractivity contribution in [2.75, 3.05) is 7.11 Å². The van der Waals surface area contributed by atoms with Gasteiger partial charge in [0.2, 0.25) is 0 Å². The smallest absolute Gasteiger partial charge is 0.161 e. The van der Waals surface area contributed by atoms with Crippen LogP contribution in [0.2, 0.25) is 0 Å². The zero-order valence-corrected chi connectivity index (χ0v) is 8.63. The van der Waals surface area contributed by atoms with E-state index in [1.54, 1.807) is 12.1 Å². The predicted octanol–water partition coefficient (Wildman–Crippen LogP) is 1.84. The molecule has 0 saturated heterocycles. The summed E-state index contributed by atoms with van der Waals surface area (Å²) >= 11 is 0. The van der Waals surface area contributed by atoms with Crippen molar-refractivity contribution >= 4 is 5.78 Å². The number of Topliss-reactive ketones (excluding diaryl/α,β-unsaturated/α-hetero) is 1. The van der Waals surface area contributed by atoms with E-state index in [1.807, 2.05) is 6.92 Å². The van der Waals surface area contributed by atoms with Crippen LogP contribution in [0.5, 0.6) is 11.5 Å². The first-order valence-electron chi connectivity index (χ1n) is 4.40. The van der Waals surface area contributed by atoms with Crippen LogP contribution in [0, 0.1) is 6.92 Å². The number of rotatable bonds is 3. The quantitative estimate of drug-likeness (QED) is 0.798. The molecule has 0 spiro atoms. The molecule has 3 nitrogen and oxygen atoms in total. The first-order chi connectivity index (χ1) is 6.54. The number of ether oxygens (including phenoxy) is 1. The number of hydrogen-bond acceptors (Lipinski definition) is 3. The SMILES string of the molecule is COc1cc(C)cc(CC(C)=O)c1O. The zero-order valence-electron chi connectivity index (χ0n) is 8.63. The van der Waals surface area contributed by atoms with Gasteiger partial charge in [-0.1, -0.05) is 6.07 Å². The summed E-state index contributed by atoms with van der Waals surface area (Å²) in [6, 6.07) is 3.53. The number of aryl methyl sites for hydroxylation is 1. The van der Waals surface area contributed by atoms with E-state index in [0.29, 0.717) is 11.3 Å². The molecule has 1 aromatic carbocycles. The molecule has 0 aromatic heterocycles. The molecule has 1 N–H and O–H groups in total. The van der Waals surface area contributed by atoms with Crippen molar-refractivity contribution in [1.29, 1.82) is 0 Å². The molecule has 0 amide bonds. The highest BCUT2D eigenvalue weighted by Gasteiger charge is 2.10. The normalized spacial score (nSPS) is 9.93. The van der Waals surface area contributed by atoms with Gasteiger partial charge in [0.15, 0.2) is 11.5 Å². The largest absolute Gasteiger partial charge is 0.504 e. The minimum Gasteiger partial charge on any atom is -0.504 e. The van der Waals surface area contributed by atoms with E-state index < -0.39 is 0 Å². The third-order valence-corrected chi connectivity index (χ3v) is 1.96. The van der Waals surface area contributed by atoms with E-state index in [0.717, 1.165) is 5.56 Å². The van der Waals surface area contributed by atoms with Crippen LogP contribution in [0.15, 0.2) is 12.1 Å². The average molecular weight is 194 g/mol. The van der Waals surface area contributed by atoms with Gasteiger partial charge in [-0.05, 0) is 25.5 Å². The van der Waals surface area contributed by atoms with Crippen LogP contribution in [-0.2, 0) is 11.2 Å². The molecule has 0 unspecified atom stereocenters. The minimum atomic E-state index is 0.0213. The second-order valence-corrected chi connectivity index (χ2v) is 3.35. The van der Waals surface area contributed by atoms with Gasteiger partial charge in [0.1, 0.15) is 5.78 Å². The van der Waals surface area contributed by atoms with Gasteiger partial charge in [-0.25, -0.2) is 0 Å². The first-order valence-corrected chi connectivity index (χ1v) is 4.40. The van der Waals surface area contributed by atoms with E-state index in [4.69, 9.17) is 4.74 Å². The third-order valence-electron chi connectivity index (χ3n) is 1.96. The monoisotopic (exact) mass is 194 g/mol. The van der Waals surface area contributed by atoms with Crippen molar-refractivity contribution in [2.45, 2.75) is 20.3 Å². The number of phenolic OH excluding ortho intramolecular Hbond substituents is 1. The Hall–Kier alpha value is -1.51. The maximum absolute atomic E-state index is 10.9. The summed E-state index contributed by atoms with van der Waals surface area (Å²) in [6.07, 6.45) is 0.240. The van der Waals surface area contributed by atoms with Crippen molar-refractivity contribution in [3.05, 3.63) is 23.3 Å². The Bertz CT molecular complexity index is 356. The number of aromatic hydroxyl groups is 1. The number of methoxy groups -OCH3 is 1. The summed E-state index contributed by atoms with van der Waals surface area (Å²) in [6.45, 7) is 3.39. The molecule has 0 aliphatic heterocycles. The topological polar surface area (TPSA) is 46.5 Å². The molecule has 0 aliphatic carbocycles. The van der Waals surface area contributed by atoms with Crippen LogP contribution in [0.1, 0.15) is 18.1 Å². The molecule has 1 rings (SSSR count). The van der Waals surface area contributed by atoms with Crippen molar-refractivity contribution in [1.82, 2.24) is 0 Å². The molecule has 14 heavy (non-hydrogen) atoms. The van der Waals surface area contributed by atoms with Crippen molar-refractivity contribution in [3.63, 3.8) is 0 Å². The number of benzene rings is 1. The van der Waals surface area contributed by atoms with Crippen LogP contribution in [0.4, 0.5) is 0 Å². The fourth-order valence-corrected chi connectivity index (χ4v) is 1.38. The molecule has 0 atom stereocenters. The lowest BCUT2D eigenvalue weighted by Gasteiger charge is -2.09. The second-order valence-electron chi connectivity index (χ2n) is 3.35. The summed E-state index contributed by atoms with van der Waals surface area (Å²) in [5.74, 6) is 0.502. The highest BCUT2D eigenvalue weighted by molar-refractivity contribution is 5.79.